The lowest BCUT2D eigenvalue weighted by atomic mass is 10.3. The van der Waals surface area contributed by atoms with E-state index in [0.717, 1.165) is 4.70 Å². The highest BCUT2D eigenvalue weighted by atomic mass is 35.5. The van der Waals surface area contributed by atoms with Gasteiger partial charge in [0.25, 0.3) is 5.91 Å². The zero-order valence-electron chi connectivity index (χ0n) is 11.2. The topological polar surface area (TPSA) is 51.2 Å². The van der Waals surface area contributed by atoms with Gasteiger partial charge < -0.3 is 4.74 Å². The van der Waals surface area contributed by atoms with E-state index in [1.165, 1.54) is 11.3 Å². The summed E-state index contributed by atoms with van der Waals surface area (Å²) in [5.74, 6) is 0.289. The highest BCUT2D eigenvalue weighted by Crippen LogP contribution is 2.30. The molecule has 2 aromatic carbocycles. The first-order chi connectivity index (χ1) is 10.6. The van der Waals surface area contributed by atoms with E-state index in [1.807, 2.05) is 12.1 Å². The largest absolute Gasteiger partial charge is 0.484 e. The summed E-state index contributed by atoms with van der Waals surface area (Å²) in [4.78, 5) is 16.2. The number of aromatic nitrogens is 1. The van der Waals surface area contributed by atoms with Gasteiger partial charge in [0.05, 0.1) is 9.72 Å². The number of ether oxygens (including phenoxy) is 1. The van der Waals surface area contributed by atoms with Crippen molar-refractivity contribution >= 4 is 55.8 Å². The lowest BCUT2D eigenvalue weighted by Gasteiger charge is -2.05. The number of amides is 1. The van der Waals surface area contributed by atoms with Crippen LogP contribution in [0.2, 0.25) is 10.0 Å². The van der Waals surface area contributed by atoms with Crippen LogP contribution >= 0.6 is 34.5 Å². The number of benzene rings is 2. The normalized spacial score (nSPS) is 10.6. The van der Waals surface area contributed by atoms with Gasteiger partial charge in [-0.15, -0.1) is 0 Å². The number of thiazole rings is 1. The summed E-state index contributed by atoms with van der Waals surface area (Å²) in [5, 5.41) is 4.37. The number of rotatable bonds is 4. The molecule has 0 atom stereocenters. The minimum absolute atomic E-state index is 0.106. The quantitative estimate of drug-likeness (QED) is 0.745. The zero-order valence-corrected chi connectivity index (χ0v) is 13.5. The molecule has 0 aliphatic heterocycles. The Balaban J connectivity index is 1.63. The molecule has 0 fully saturated rings. The van der Waals surface area contributed by atoms with E-state index >= 15 is 0 Å². The third-order valence-corrected chi connectivity index (χ3v) is 4.29. The summed E-state index contributed by atoms with van der Waals surface area (Å²) in [6.45, 7) is -0.106. The van der Waals surface area contributed by atoms with Crippen LogP contribution in [-0.4, -0.2) is 17.5 Å². The molecule has 0 radical (unpaired) electrons. The fraction of sp³-hybridized carbons (Fsp3) is 0.0667. The highest BCUT2D eigenvalue weighted by molar-refractivity contribution is 7.22. The summed E-state index contributed by atoms with van der Waals surface area (Å²) < 4.78 is 6.29. The van der Waals surface area contributed by atoms with Crippen molar-refractivity contribution in [3.05, 3.63) is 52.5 Å². The number of nitrogens with one attached hydrogen (secondary N) is 1. The Hall–Kier alpha value is -1.82. The molecule has 0 unspecified atom stereocenters. The summed E-state index contributed by atoms with van der Waals surface area (Å²) in [6.07, 6.45) is 0. The monoisotopic (exact) mass is 352 g/mol. The van der Waals surface area contributed by atoms with Crippen molar-refractivity contribution in [3.63, 3.8) is 0 Å². The summed E-state index contributed by atoms with van der Waals surface area (Å²) in [6, 6.07) is 12.3. The van der Waals surface area contributed by atoms with E-state index < -0.39 is 0 Å². The Morgan fingerprint density at radius 2 is 1.95 bits per heavy atom. The summed E-state index contributed by atoms with van der Waals surface area (Å²) in [7, 11) is 0. The Morgan fingerprint density at radius 1 is 1.18 bits per heavy atom. The van der Waals surface area contributed by atoms with E-state index in [2.05, 4.69) is 10.3 Å². The van der Waals surface area contributed by atoms with Crippen LogP contribution in [0.15, 0.2) is 42.5 Å². The number of halogens is 2. The molecule has 112 valence electrons. The molecule has 7 heteroatoms. The lowest BCUT2D eigenvalue weighted by Crippen LogP contribution is -2.19. The van der Waals surface area contributed by atoms with Crippen LogP contribution in [0, 0.1) is 0 Å². The molecule has 22 heavy (non-hydrogen) atoms. The van der Waals surface area contributed by atoms with E-state index in [4.69, 9.17) is 27.9 Å². The fourth-order valence-corrected chi connectivity index (χ4v) is 3.11. The number of hydrogen-bond donors (Lipinski definition) is 1. The van der Waals surface area contributed by atoms with Crippen molar-refractivity contribution in [2.45, 2.75) is 0 Å². The van der Waals surface area contributed by atoms with Crippen molar-refractivity contribution in [1.82, 2.24) is 4.98 Å². The van der Waals surface area contributed by atoms with Crippen LogP contribution in [0.5, 0.6) is 5.75 Å². The van der Waals surface area contributed by atoms with Gasteiger partial charge in [0.1, 0.15) is 11.3 Å². The fourth-order valence-electron chi connectivity index (χ4n) is 1.80. The summed E-state index contributed by atoms with van der Waals surface area (Å²) in [5.41, 5.74) is 0.683. The number of hydrogen-bond acceptors (Lipinski definition) is 4. The van der Waals surface area contributed by atoms with Crippen LogP contribution < -0.4 is 10.1 Å². The molecule has 1 amide bonds. The maximum Gasteiger partial charge on any atom is 0.264 e. The third kappa shape index (κ3) is 3.50. The van der Waals surface area contributed by atoms with Gasteiger partial charge in [0, 0.05) is 5.02 Å². The highest BCUT2D eigenvalue weighted by Gasteiger charge is 2.10. The smallest absolute Gasteiger partial charge is 0.264 e. The molecule has 1 aromatic heterocycles. The minimum Gasteiger partial charge on any atom is -0.484 e. The molecule has 1 heterocycles. The van der Waals surface area contributed by atoms with Crippen molar-refractivity contribution in [2.24, 2.45) is 0 Å². The van der Waals surface area contributed by atoms with Gasteiger partial charge in [-0.1, -0.05) is 40.6 Å². The second-order valence-corrected chi connectivity index (χ2v) is 6.27. The molecule has 3 rings (SSSR count). The maximum atomic E-state index is 11.9. The van der Waals surface area contributed by atoms with Gasteiger partial charge in [0.15, 0.2) is 11.7 Å². The Kier molecular flexibility index (Phi) is 4.47. The van der Waals surface area contributed by atoms with Gasteiger partial charge >= 0.3 is 0 Å². The molecular weight excluding hydrogens is 343 g/mol. The number of fused-ring (bicyclic) bond motifs is 1. The first kappa shape index (κ1) is 15.1. The Bertz CT molecular complexity index is 818. The van der Waals surface area contributed by atoms with Crippen molar-refractivity contribution in [1.29, 1.82) is 0 Å². The van der Waals surface area contributed by atoms with E-state index in [9.17, 15) is 4.79 Å². The lowest BCUT2D eigenvalue weighted by molar-refractivity contribution is -0.118. The van der Waals surface area contributed by atoms with Gasteiger partial charge in [-0.05, 0) is 36.4 Å². The molecule has 3 aromatic rings. The van der Waals surface area contributed by atoms with Crippen molar-refractivity contribution in [2.75, 3.05) is 11.9 Å². The van der Waals surface area contributed by atoms with Gasteiger partial charge in [-0.2, -0.15) is 0 Å². The molecule has 0 saturated carbocycles. The van der Waals surface area contributed by atoms with Crippen LogP contribution in [-0.2, 0) is 4.79 Å². The van der Waals surface area contributed by atoms with Crippen LogP contribution in [0.25, 0.3) is 10.2 Å². The zero-order chi connectivity index (χ0) is 15.5. The van der Waals surface area contributed by atoms with Crippen molar-refractivity contribution in [3.8, 4) is 5.75 Å². The predicted molar refractivity (Wildman–Crippen MR) is 90.2 cm³/mol. The van der Waals surface area contributed by atoms with Crippen LogP contribution in [0.1, 0.15) is 0 Å². The third-order valence-electron chi connectivity index (χ3n) is 2.80. The molecule has 4 nitrogen and oxygen atoms in total. The predicted octanol–water partition coefficient (Wildman–Crippen LogP) is 4.62. The first-order valence-corrected chi connectivity index (χ1v) is 7.92. The maximum absolute atomic E-state index is 11.9. The average Bonchev–Trinajstić information content (AvgIpc) is 2.90. The number of para-hydroxylation sites is 1. The SMILES string of the molecule is O=C(COc1ccc(Cl)cc1)Nc1nc2c(Cl)cccc2s1. The summed E-state index contributed by atoms with van der Waals surface area (Å²) >= 11 is 13.2. The standard InChI is InChI=1S/C15H10Cl2N2O2S/c16-9-4-6-10(7-5-9)21-8-13(20)18-15-19-14-11(17)2-1-3-12(14)22-15/h1-7H,8H2,(H,18,19,20). The van der Waals surface area contributed by atoms with Crippen molar-refractivity contribution < 1.29 is 9.53 Å². The van der Waals surface area contributed by atoms with Crippen LogP contribution in [0.4, 0.5) is 5.13 Å². The average molecular weight is 353 g/mol. The second-order valence-electron chi connectivity index (χ2n) is 4.40. The molecule has 1 N–H and O–H groups in total. The molecule has 0 saturated heterocycles. The van der Waals surface area contributed by atoms with Gasteiger partial charge in [0.2, 0.25) is 0 Å². The van der Waals surface area contributed by atoms with E-state index in [0.29, 0.717) is 26.4 Å². The number of nitrogens with zero attached hydrogens (tertiary/aromatic N) is 1. The number of carbonyl (C=O) groups excluding carboxylic acids is 1. The van der Waals surface area contributed by atoms with Crippen LogP contribution in [0.3, 0.4) is 0 Å². The molecule has 0 aliphatic rings. The number of anilines is 1. The Morgan fingerprint density at radius 3 is 2.68 bits per heavy atom. The van der Waals surface area contributed by atoms with Gasteiger partial charge in [-0.25, -0.2) is 4.98 Å². The van der Waals surface area contributed by atoms with E-state index in [1.54, 1.807) is 30.3 Å². The van der Waals surface area contributed by atoms with E-state index in [-0.39, 0.29) is 12.5 Å². The molecule has 0 aliphatic carbocycles. The minimum atomic E-state index is -0.287. The Labute approximate surface area is 140 Å². The second kappa shape index (κ2) is 6.52. The first-order valence-electron chi connectivity index (χ1n) is 6.35. The molecular formula is C15H10Cl2N2O2S. The number of carbonyl (C=O) groups is 1. The molecule has 0 bridgehead atoms. The molecule has 0 spiro atoms. The van der Waals surface area contributed by atoms with Gasteiger partial charge in [-0.3, -0.25) is 10.1 Å².